The summed E-state index contributed by atoms with van der Waals surface area (Å²) < 4.78 is 5.44. The lowest BCUT2D eigenvalue weighted by Crippen LogP contribution is -2.06. The minimum atomic E-state index is -0.0453. The summed E-state index contributed by atoms with van der Waals surface area (Å²) in [6.45, 7) is 0.717. The van der Waals surface area contributed by atoms with Gasteiger partial charge in [-0.05, 0) is 35.9 Å². The molecule has 0 aliphatic heterocycles. The van der Waals surface area contributed by atoms with E-state index in [0.29, 0.717) is 18.0 Å². The van der Waals surface area contributed by atoms with Gasteiger partial charge < -0.3 is 26.0 Å². The van der Waals surface area contributed by atoms with Gasteiger partial charge in [-0.1, -0.05) is 12.1 Å². The van der Waals surface area contributed by atoms with Crippen molar-refractivity contribution in [2.45, 2.75) is 6.54 Å². The third kappa shape index (κ3) is 3.80. The van der Waals surface area contributed by atoms with Crippen LogP contribution in [0.3, 0.4) is 0 Å². The van der Waals surface area contributed by atoms with E-state index in [-0.39, 0.29) is 19.0 Å². The van der Waals surface area contributed by atoms with E-state index in [4.69, 9.17) is 15.6 Å². The molecule has 20 heavy (non-hydrogen) atoms. The van der Waals surface area contributed by atoms with E-state index in [9.17, 15) is 5.11 Å². The molecule has 0 atom stereocenters. The molecule has 0 saturated heterocycles. The summed E-state index contributed by atoms with van der Waals surface area (Å²) in [5, 5.41) is 21.4. The van der Waals surface area contributed by atoms with Crippen LogP contribution in [0.5, 0.6) is 11.5 Å². The van der Waals surface area contributed by atoms with Crippen LogP contribution in [0, 0.1) is 0 Å². The third-order valence-electron chi connectivity index (χ3n) is 2.75. The van der Waals surface area contributed by atoms with E-state index >= 15 is 0 Å². The fourth-order valence-electron chi connectivity index (χ4n) is 1.83. The van der Waals surface area contributed by atoms with Crippen LogP contribution in [0.15, 0.2) is 42.5 Å². The van der Waals surface area contributed by atoms with Gasteiger partial charge in [0.15, 0.2) is 0 Å². The molecule has 0 aliphatic rings. The van der Waals surface area contributed by atoms with Crippen molar-refractivity contribution >= 4 is 11.4 Å². The van der Waals surface area contributed by atoms with E-state index in [0.717, 1.165) is 11.3 Å². The number of nitrogens with one attached hydrogen (secondary N) is 1. The second kappa shape index (κ2) is 6.68. The number of aliphatic hydroxyl groups is 1. The first-order valence-electron chi connectivity index (χ1n) is 6.34. The van der Waals surface area contributed by atoms with Crippen LogP contribution in [0.1, 0.15) is 5.56 Å². The first kappa shape index (κ1) is 14.0. The Hall–Kier alpha value is -2.40. The standard InChI is InChI=1S/C15H18N2O3/c16-12-4-5-15(20-7-6-18)14(9-12)17-10-11-2-1-3-13(19)8-11/h1-5,8-9,17-19H,6-7,10,16H2. The van der Waals surface area contributed by atoms with Crippen molar-refractivity contribution < 1.29 is 14.9 Å². The van der Waals surface area contributed by atoms with Crippen molar-refractivity contribution in [2.75, 3.05) is 24.3 Å². The predicted octanol–water partition coefficient (Wildman–Crippen LogP) is 1.96. The Morgan fingerprint density at radius 2 is 2.00 bits per heavy atom. The van der Waals surface area contributed by atoms with Crippen molar-refractivity contribution in [3.8, 4) is 11.5 Å². The van der Waals surface area contributed by atoms with Crippen LogP contribution < -0.4 is 15.8 Å². The highest BCUT2D eigenvalue weighted by atomic mass is 16.5. The lowest BCUT2D eigenvalue weighted by atomic mass is 10.2. The monoisotopic (exact) mass is 274 g/mol. The highest BCUT2D eigenvalue weighted by Gasteiger charge is 2.04. The number of anilines is 2. The number of aliphatic hydroxyl groups excluding tert-OH is 1. The van der Waals surface area contributed by atoms with Crippen LogP contribution in [0.25, 0.3) is 0 Å². The van der Waals surface area contributed by atoms with Gasteiger partial charge in [-0.2, -0.15) is 0 Å². The molecule has 5 N–H and O–H groups in total. The van der Waals surface area contributed by atoms with Gasteiger partial charge in [0.1, 0.15) is 18.1 Å². The molecule has 0 amide bonds. The zero-order valence-electron chi connectivity index (χ0n) is 11.0. The Bertz CT molecular complexity index is 573. The van der Waals surface area contributed by atoms with Crippen LogP contribution in [-0.2, 0) is 6.54 Å². The van der Waals surface area contributed by atoms with Gasteiger partial charge in [0, 0.05) is 12.2 Å². The maximum Gasteiger partial charge on any atom is 0.142 e. The van der Waals surface area contributed by atoms with Gasteiger partial charge in [0.2, 0.25) is 0 Å². The van der Waals surface area contributed by atoms with E-state index in [2.05, 4.69) is 5.32 Å². The zero-order valence-corrected chi connectivity index (χ0v) is 11.0. The van der Waals surface area contributed by atoms with Crippen LogP contribution in [-0.4, -0.2) is 23.4 Å². The molecule has 5 nitrogen and oxygen atoms in total. The van der Waals surface area contributed by atoms with Crippen molar-refractivity contribution in [3.05, 3.63) is 48.0 Å². The van der Waals surface area contributed by atoms with Crippen molar-refractivity contribution in [3.63, 3.8) is 0 Å². The van der Waals surface area contributed by atoms with Gasteiger partial charge >= 0.3 is 0 Å². The molecule has 0 saturated carbocycles. The van der Waals surface area contributed by atoms with Crippen LogP contribution >= 0.6 is 0 Å². The lowest BCUT2D eigenvalue weighted by molar-refractivity contribution is 0.202. The highest BCUT2D eigenvalue weighted by Crippen LogP contribution is 2.27. The number of hydrogen-bond donors (Lipinski definition) is 4. The first-order chi connectivity index (χ1) is 9.69. The summed E-state index contributed by atoms with van der Waals surface area (Å²) in [6.07, 6.45) is 0. The third-order valence-corrected chi connectivity index (χ3v) is 2.75. The summed E-state index contributed by atoms with van der Waals surface area (Å²) in [4.78, 5) is 0. The van der Waals surface area contributed by atoms with E-state index in [1.54, 1.807) is 36.4 Å². The Labute approximate surface area is 117 Å². The Morgan fingerprint density at radius 3 is 2.75 bits per heavy atom. The number of hydrogen-bond acceptors (Lipinski definition) is 5. The van der Waals surface area contributed by atoms with Gasteiger partial charge in [0.25, 0.3) is 0 Å². The number of benzene rings is 2. The van der Waals surface area contributed by atoms with Gasteiger partial charge in [-0.3, -0.25) is 0 Å². The summed E-state index contributed by atoms with van der Waals surface area (Å²) >= 11 is 0. The summed E-state index contributed by atoms with van der Waals surface area (Å²) in [5.74, 6) is 0.863. The molecule has 0 aromatic heterocycles. The molecule has 0 unspecified atom stereocenters. The zero-order chi connectivity index (χ0) is 14.4. The van der Waals surface area contributed by atoms with Gasteiger partial charge in [0.05, 0.1) is 12.3 Å². The molecule has 2 rings (SSSR count). The average Bonchev–Trinajstić information content (AvgIpc) is 2.44. The van der Waals surface area contributed by atoms with Crippen LogP contribution in [0.4, 0.5) is 11.4 Å². The number of phenolic OH excluding ortho intramolecular Hbond substituents is 1. The second-order valence-electron chi connectivity index (χ2n) is 4.35. The maximum absolute atomic E-state index is 9.42. The largest absolute Gasteiger partial charge is 0.508 e. The summed E-state index contributed by atoms with van der Waals surface area (Å²) in [7, 11) is 0. The first-order valence-corrected chi connectivity index (χ1v) is 6.34. The highest BCUT2D eigenvalue weighted by molar-refractivity contribution is 5.63. The average molecular weight is 274 g/mol. The fraction of sp³-hybridized carbons (Fsp3) is 0.200. The van der Waals surface area contributed by atoms with E-state index in [1.807, 2.05) is 6.07 Å². The Kier molecular flexibility index (Phi) is 4.68. The second-order valence-corrected chi connectivity index (χ2v) is 4.35. The predicted molar refractivity (Wildman–Crippen MR) is 78.9 cm³/mol. The molecule has 0 aliphatic carbocycles. The molecular weight excluding hydrogens is 256 g/mol. The molecule has 5 heteroatoms. The minimum absolute atomic E-state index is 0.0453. The molecule has 106 valence electrons. The fourth-order valence-corrected chi connectivity index (χ4v) is 1.83. The lowest BCUT2D eigenvalue weighted by Gasteiger charge is -2.13. The Balaban J connectivity index is 2.09. The molecule has 2 aromatic carbocycles. The summed E-state index contributed by atoms with van der Waals surface area (Å²) in [5.41, 5.74) is 8.09. The summed E-state index contributed by atoms with van der Waals surface area (Å²) in [6, 6.07) is 12.3. The number of ether oxygens (including phenoxy) is 1. The van der Waals surface area contributed by atoms with Crippen molar-refractivity contribution in [1.82, 2.24) is 0 Å². The number of phenols is 1. The van der Waals surface area contributed by atoms with Gasteiger partial charge in [-0.15, -0.1) is 0 Å². The molecule has 0 radical (unpaired) electrons. The van der Waals surface area contributed by atoms with Gasteiger partial charge in [-0.25, -0.2) is 0 Å². The van der Waals surface area contributed by atoms with Crippen molar-refractivity contribution in [2.24, 2.45) is 0 Å². The van der Waals surface area contributed by atoms with E-state index in [1.165, 1.54) is 0 Å². The number of nitrogen functional groups attached to an aromatic ring is 1. The number of nitrogens with two attached hydrogens (primary N) is 1. The van der Waals surface area contributed by atoms with E-state index < -0.39 is 0 Å². The minimum Gasteiger partial charge on any atom is -0.508 e. The molecule has 0 heterocycles. The Morgan fingerprint density at radius 1 is 1.15 bits per heavy atom. The molecule has 2 aromatic rings. The molecule has 0 spiro atoms. The molecule has 0 bridgehead atoms. The quantitative estimate of drug-likeness (QED) is 0.605. The SMILES string of the molecule is Nc1ccc(OCCO)c(NCc2cccc(O)c2)c1. The normalized spacial score (nSPS) is 10.2. The molecular formula is C15H18N2O3. The number of aromatic hydroxyl groups is 1. The topological polar surface area (TPSA) is 87.7 Å². The van der Waals surface area contributed by atoms with Crippen molar-refractivity contribution in [1.29, 1.82) is 0 Å². The van der Waals surface area contributed by atoms with Crippen LogP contribution in [0.2, 0.25) is 0 Å². The number of rotatable bonds is 6. The molecule has 0 fully saturated rings. The maximum atomic E-state index is 9.42. The smallest absolute Gasteiger partial charge is 0.142 e.